The summed E-state index contributed by atoms with van der Waals surface area (Å²) in [5.74, 6) is -0.793. The van der Waals surface area contributed by atoms with Crippen LogP contribution in [0.4, 0.5) is 22.0 Å². The van der Waals surface area contributed by atoms with Gasteiger partial charge < -0.3 is 10.0 Å². The maximum Gasteiger partial charge on any atom is 0.426 e. The van der Waals surface area contributed by atoms with E-state index in [-0.39, 0.29) is 11.9 Å². The number of aryl methyl sites for hydroxylation is 1. The molecule has 4 rings (SSSR count). The Morgan fingerprint density at radius 3 is 2.32 bits per heavy atom. The van der Waals surface area contributed by atoms with Crippen molar-refractivity contribution in [3.8, 4) is 0 Å². The maximum atomic E-state index is 14.7. The molecule has 0 radical (unpaired) electrons. The van der Waals surface area contributed by atoms with Gasteiger partial charge in [0.05, 0.1) is 0 Å². The van der Waals surface area contributed by atoms with Gasteiger partial charge in [-0.1, -0.05) is 30.3 Å². The van der Waals surface area contributed by atoms with E-state index in [0.29, 0.717) is 44.7 Å². The highest BCUT2D eigenvalue weighted by Gasteiger charge is 2.56. The molecular formula is C26H28F5NO2. The largest absolute Gasteiger partial charge is 0.426 e. The molecular weight excluding hydrogens is 453 g/mol. The number of carbonyl (C=O) groups is 1. The highest BCUT2D eigenvalue weighted by Crippen LogP contribution is 2.51. The van der Waals surface area contributed by atoms with Gasteiger partial charge in [-0.3, -0.25) is 4.79 Å². The Kier molecular flexibility index (Phi) is 5.83. The minimum atomic E-state index is -5.05. The number of halogens is 5. The molecule has 2 aliphatic rings. The molecule has 1 saturated heterocycles. The second kappa shape index (κ2) is 8.04. The predicted octanol–water partition coefficient (Wildman–Crippen LogP) is 5.37. The number of likely N-dealkylation sites (tertiary alicyclic amines) is 1. The molecule has 3 atom stereocenters. The summed E-state index contributed by atoms with van der Waals surface area (Å²) in [6, 6.07) is 9.75. The third-order valence-electron chi connectivity index (χ3n) is 7.43. The molecule has 0 spiro atoms. The van der Waals surface area contributed by atoms with Gasteiger partial charge in [0.2, 0.25) is 5.67 Å². The van der Waals surface area contributed by atoms with Crippen LogP contribution in [0.5, 0.6) is 0 Å². The van der Waals surface area contributed by atoms with E-state index in [0.717, 1.165) is 11.1 Å². The van der Waals surface area contributed by atoms with Gasteiger partial charge in [-0.2, -0.15) is 13.2 Å². The van der Waals surface area contributed by atoms with Crippen LogP contribution in [0, 0.1) is 5.82 Å². The summed E-state index contributed by atoms with van der Waals surface area (Å²) in [4.78, 5) is 14.7. The van der Waals surface area contributed by atoms with Crippen molar-refractivity contribution in [2.75, 3.05) is 6.54 Å². The van der Waals surface area contributed by atoms with Crippen LogP contribution < -0.4 is 0 Å². The summed E-state index contributed by atoms with van der Waals surface area (Å²) in [7, 11) is 0. The van der Waals surface area contributed by atoms with Crippen molar-refractivity contribution in [1.82, 2.24) is 4.90 Å². The van der Waals surface area contributed by atoms with Gasteiger partial charge in [-0.15, -0.1) is 0 Å². The van der Waals surface area contributed by atoms with Crippen molar-refractivity contribution in [3.05, 3.63) is 70.5 Å². The lowest BCUT2D eigenvalue weighted by molar-refractivity contribution is -0.228. The van der Waals surface area contributed by atoms with Gasteiger partial charge in [-0.05, 0) is 80.8 Å². The van der Waals surface area contributed by atoms with E-state index < -0.39 is 34.3 Å². The number of hydrogen-bond acceptors (Lipinski definition) is 2. The van der Waals surface area contributed by atoms with Crippen LogP contribution in [0.2, 0.25) is 0 Å². The fourth-order valence-corrected chi connectivity index (χ4v) is 5.58. The molecule has 1 N–H and O–H groups in total. The van der Waals surface area contributed by atoms with E-state index in [1.807, 2.05) is 0 Å². The van der Waals surface area contributed by atoms with Crippen molar-refractivity contribution in [2.24, 2.45) is 0 Å². The minimum Gasteiger partial charge on any atom is -0.381 e. The van der Waals surface area contributed by atoms with Gasteiger partial charge in [0.25, 0.3) is 5.91 Å². The molecule has 1 fully saturated rings. The molecule has 184 valence electrons. The van der Waals surface area contributed by atoms with E-state index in [2.05, 4.69) is 0 Å². The average Bonchev–Trinajstić information content (AvgIpc) is 3.12. The lowest BCUT2D eigenvalue weighted by Gasteiger charge is -2.44. The molecule has 1 unspecified atom stereocenters. The molecule has 1 heterocycles. The van der Waals surface area contributed by atoms with Crippen LogP contribution in [-0.2, 0) is 28.7 Å². The third-order valence-corrected chi connectivity index (χ3v) is 7.43. The predicted molar refractivity (Wildman–Crippen MR) is 117 cm³/mol. The first-order valence-electron chi connectivity index (χ1n) is 11.3. The Bertz CT molecular complexity index is 1090. The molecule has 2 aromatic rings. The maximum absolute atomic E-state index is 14.7. The molecule has 1 aliphatic heterocycles. The van der Waals surface area contributed by atoms with Crippen LogP contribution in [0.3, 0.4) is 0 Å². The van der Waals surface area contributed by atoms with E-state index >= 15 is 0 Å². The highest BCUT2D eigenvalue weighted by atomic mass is 19.4. The fraction of sp³-hybridized carbons (Fsp3) is 0.500. The number of aliphatic hydroxyl groups is 1. The summed E-state index contributed by atoms with van der Waals surface area (Å²) in [6.07, 6.45) is -3.24. The molecule has 34 heavy (non-hydrogen) atoms. The Balaban J connectivity index is 1.81. The van der Waals surface area contributed by atoms with Gasteiger partial charge in [0.15, 0.2) is 0 Å². The molecule has 8 heteroatoms. The zero-order chi connectivity index (χ0) is 25.1. The number of rotatable bonds is 4. The Labute approximate surface area is 195 Å². The average molecular weight is 482 g/mol. The number of carbonyl (C=O) groups excluding carboxylic acids is 1. The molecule has 2 aromatic carbocycles. The van der Waals surface area contributed by atoms with Gasteiger partial charge in [0, 0.05) is 18.0 Å². The Hall–Kier alpha value is -2.48. The fourth-order valence-electron chi connectivity index (χ4n) is 5.58. The Morgan fingerprint density at radius 1 is 1.09 bits per heavy atom. The number of hydrogen-bond donors (Lipinski definition) is 1. The summed E-state index contributed by atoms with van der Waals surface area (Å²) >= 11 is 0. The van der Waals surface area contributed by atoms with Crippen LogP contribution in [0.15, 0.2) is 42.5 Å². The topological polar surface area (TPSA) is 40.5 Å². The first-order valence-corrected chi connectivity index (χ1v) is 11.3. The normalized spacial score (nSPS) is 24.4. The number of nitrogens with zero attached hydrogens (tertiary/aromatic N) is 1. The molecule has 0 saturated carbocycles. The number of alkyl halides is 4. The van der Waals surface area contributed by atoms with Crippen molar-refractivity contribution >= 4 is 5.91 Å². The number of fused-ring (bicyclic) bond motifs is 3. The first kappa shape index (κ1) is 24.6. The monoisotopic (exact) mass is 481 g/mol. The SMILES string of the molecule is CC(C)(O)C(=O)N1CC[C@@]2(Cc3ccc(F)cc3)c3ccc(C(C)(F)C(F)(F)F)cc3CC[C@@H]12. The summed E-state index contributed by atoms with van der Waals surface area (Å²) in [5.41, 5.74) is -3.92. The molecule has 1 aliphatic carbocycles. The lowest BCUT2D eigenvalue weighted by Crippen LogP contribution is -2.53. The van der Waals surface area contributed by atoms with Crippen molar-refractivity contribution < 1.29 is 31.9 Å². The zero-order valence-electron chi connectivity index (χ0n) is 19.3. The van der Waals surface area contributed by atoms with Crippen molar-refractivity contribution in [2.45, 2.75) is 75.4 Å². The van der Waals surface area contributed by atoms with Crippen LogP contribution in [-0.4, -0.2) is 40.3 Å². The van der Waals surface area contributed by atoms with E-state index in [1.54, 1.807) is 23.1 Å². The van der Waals surface area contributed by atoms with Crippen LogP contribution >= 0.6 is 0 Å². The second-order valence-corrected chi connectivity index (χ2v) is 10.2. The number of benzene rings is 2. The lowest BCUT2D eigenvalue weighted by atomic mass is 9.63. The standard InChI is InChI=1S/C26H28F5NO2/c1-23(2,34)22(33)32-13-12-25(15-16-4-8-19(27)9-5-16)20-10-7-18(24(3,28)26(29,30)31)14-17(20)6-11-21(25)32/h4-5,7-10,14,21,34H,6,11-13,15H2,1-3H3/t21-,24?,25-/m1/s1. The van der Waals surface area contributed by atoms with E-state index in [9.17, 15) is 31.9 Å². The number of amides is 1. The van der Waals surface area contributed by atoms with E-state index in [4.69, 9.17) is 0 Å². The highest BCUT2D eigenvalue weighted by molar-refractivity contribution is 5.85. The first-order chi connectivity index (χ1) is 15.7. The smallest absolute Gasteiger partial charge is 0.381 e. The van der Waals surface area contributed by atoms with Gasteiger partial charge in [0.1, 0.15) is 11.4 Å². The molecule has 1 amide bonds. The molecule has 0 aromatic heterocycles. The molecule has 0 bridgehead atoms. The quantitative estimate of drug-likeness (QED) is 0.597. The Morgan fingerprint density at radius 2 is 1.74 bits per heavy atom. The summed E-state index contributed by atoms with van der Waals surface area (Å²) < 4.78 is 68.2. The minimum absolute atomic E-state index is 0.297. The summed E-state index contributed by atoms with van der Waals surface area (Å²) in [6.45, 7) is 3.75. The van der Waals surface area contributed by atoms with Gasteiger partial charge >= 0.3 is 6.18 Å². The second-order valence-electron chi connectivity index (χ2n) is 10.2. The van der Waals surface area contributed by atoms with E-state index in [1.165, 1.54) is 38.1 Å². The zero-order valence-corrected chi connectivity index (χ0v) is 19.3. The third kappa shape index (κ3) is 4.00. The van der Waals surface area contributed by atoms with Gasteiger partial charge in [-0.25, -0.2) is 8.78 Å². The van der Waals surface area contributed by atoms with Crippen molar-refractivity contribution in [3.63, 3.8) is 0 Å². The van der Waals surface area contributed by atoms with Crippen molar-refractivity contribution in [1.29, 1.82) is 0 Å². The summed E-state index contributed by atoms with van der Waals surface area (Å²) in [5, 5.41) is 10.4. The molecule has 3 nitrogen and oxygen atoms in total. The van der Waals surface area contributed by atoms with Crippen LogP contribution in [0.25, 0.3) is 0 Å². The van der Waals surface area contributed by atoms with Crippen LogP contribution in [0.1, 0.15) is 55.9 Å².